The van der Waals surface area contributed by atoms with Crippen LogP contribution in [0.1, 0.15) is 38.5 Å². The third kappa shape index (κ3) is 6.17. The number of hydrogen-bond donors (Lipinski definition) is 5. The number of carbonyl (C=O) groups is 2. The maximum Gasteiger partial charge on any atom is 0.323 e. The van der Waals surface area contributed by atoms with E-state index in [1.54, 1.807) is 0 Å². The Kier molecular flexibility index (Phi) is 7.93. The number of fused-ring (bicyclic) bond motifs is 1. The molecule has 0 aromatic heterocycles. The number of nitrogens with two attached hydrogens (primary N) is 2. The molecule has 1 heterocycles. The van der Waals surface area contributed by atoms with Gasteiger partial charge in [0.15, 0.2) is 0 Å². The zero-order valence-corrected chi connectivity index (χ0v) is 14.6. The number of amidine groups is 1. The average molecular weight is 354 g/mol. The number of nitrogens with one attached hydrogen (secondary N) is 3. The van der Waals surface area contributed by atoms with Gasteiger partial charge in [-0.05, 0) is 50.0 Å². The number of rotatable bonds is 9. The van der Waals surface area contributed by atoms with Gasteiger partial charge >= 0.3 is 5.97 Å². The Bertz CT molecular complexity index is 473. The number of ether oxygens (including phenoxy) is 1. The fourth-order valence-electron chi connectivity index (χ4n) is 3.96. The van der Waals surface area contributed by atoms with Crippen LogP contribution in [-0.4, -0.2) is 44.0 Å². The summed E-state index contributed by atoms with van der Waals surface area (Å²) in [6.45, 7) is 1.42. The van der Waals surface area contributed by atoms with Crippen LogP contribution in [0.25, 0.3) is 0 Å². The molecule has 0 aromatic carbocycles. The van der Waals surface area contributed by atoms with Crippen molar-refractivity contribution >= 4 is 18.2 Å². The Morgan fingerprint density at radius 1 is 1.32 bits per heavy atom. The minimum atomic E-state index is -0.246. The number of nitrogens with zero attached hydrogens (tertiary/aromatic N) is 1. The molecule has 1 saturated heterocycles. The van der Waals surface area contributed by atoms with Gasteiger partial charge in [-0.1, -0.05) is 6.42 Å². The lowest BCUT2D eigenvalue weighted by atomic mass is 9.69. The lowest BCUT2D eigenvalue weighted by molar-refractivity contribution is -0.148. The smallest absolute Gasteiger partial charge is 0.323 e. The number of esters is 1. The maximum absolute atomic E-state index is 12.2. The minimum Gasteiger partial charge on any atom is -0.463 e. The summed E-state index contributed by atoms with van der Waals surface area (Å²) in [4.78, 5) is 22.3. The molecule has 0 radical (unpaired) electrons. The van der Waals surface area contributed by atoms with Crippen molar-refractivity contribution in [3.05, 3.63) is 0 Å². The highest BCUT2D eigenvalue weighted by Crippen LogP contribution is 2.40. The van der Waals surface area contributed by atoms with Crippen LogP contribution in [0.15, 0.2) is 5.10 Å². The molecular weight excluding hydrogens is 324 g/mol. The molecule has 0 bridgehead atoms. The normalized spacial score (nSPS) is 29.4. The van der Waals surface area contributed by atoms with Gasteiger partial charge < -0.3 is 21.1 Å². The second-order valence-electron chi connectivity index (χ2n) is 6.91. The van der Waals surface area contributed by atoms with E-state index in [1.165, 1.54) is 12.8 Å². The molecule has 0 aromatic rings. The van der Waals surface area contributed by atoms with Crippen LogP contribution < -0.4 is 27.7 Å². The second kappa shape index (κ2) is 10.2. The number of hydrazine groups is 1. The Hall–Kier alpha value is -1.87. The monoisotopic (exact) mass is 354 g/mol. The molecule has 2 aliphatic rings. The van der Waals surface area contributed by atoms with E-state index in [1.807, 2.05) is 0 Å². The number of carbonyl (C=O) groups excluding carboxylic acids is 2. The SMILES string of the molecule is NN/N=C(\N)CCC1CCC2CNC(C(=O)OCCNC=O)CC2C1. The molecule has 2 rings (SSSR count). The Morgan fingerprint density at radius 3 is 2.92 bits per heavy atom. The average Bonchev–Trinajstić information content (AvgIpc) is 2.63. The molecule has 1 saturated carbocycles. The van der Waals surface area contributed by atoms with E-state index in [4.69, 9.17) is 16.3 Å². The molecule has 142 valence electrons. The van der Waals surface area contributed by atoms with Crippen LogP contribution in [0.5, 0.6) is 0 Å². The summed E-state index contributed by atoms with van der Waals surface area (Å²) in [7, 11) is 0. The van der Waals surface area contributed by atoms with E-state index in [-0.39, 0.29) is 18.6 Å². The fraction of sp³-hybridized carbons (Fsp3) is 0.812. The van der Waals surface area contributed by atoms with E-state index in [2.05, 4.69) is 21.3 Å². The van der Waals surface area contributed by atoms with Gasteiger partial charge in [0.05, 0.1) is 6.54 Å². The van der Waals surface area contributed by atoms with Gasteiger partial charge in [-0.3, -0.25) is 9.59 Å². The van der Waals surface area contributed by atoms with E-state index in [0.717, 1.165) is 32.2 Å². The summed E-state index contributed by atoms with van der Waals surface area (Å²) >= 11 is 0. The molecule has 4 unspecified atom stereocenters. The van der Waals surface area contributed by atoms with Crippen LogP contribution in [0.2, 0.25) is 0 Å². The van der Waals surface area contributed by atoms with Crippen LogP contribution in [-0.2, 0) is 14.3 Å². The highest BCUT2D eigenvalue weighted by molar-refractivity contribution is 5.79. The van der Waals surface area contributed by atoms with Crippen molar-refractivity contribution in [2.24, 2.45) is 34.4 Å². The van der Waals surface area contributed by atoms with E-state index in [0.29, 0.717) is 36.5 Å². The fourth-order valence-corrected chi connectivity index (χ4v) is 3.96. The molecule has 9 nitrogen and oxygen atoms in total. The Morgan fingerprint density at radius 2 is 2.16 bits per heavy atom. The van der Waals surface area contributed by atoms with Crippen molar-refractivity contribution in [2.45, 2.75) is 44.6 Å². The highest BCUT2D eigenvalue weighted by Gasteiger charge is 2.38. The predicted molar refractivity (Wildman–Crippen MR) is 93.9 cm³/mol. The largest absolute Gasteiger partial charge is 0.463 e. The van der Waals surface area contributed by atoms with Gasteiger partial charge in [-0.15, -0.1) is 0 Å². The van der Waals surface area contributed by atoms with Gasteiger partial charge in [0, 0.05) is 6.42 Å². The van der Waals surface area contributed by atoms with Gasteiger partial charge in [-0.2, -0.15) is 5.10 Å². The molecule has 9 heteroatoms. The first-order valence-electron chi connectivity index (χ1n) is 8.98. The molecule has 2 fully saturated rings. The molecule has 4 atom stereocenters. The Balaban J connectivity index is 1.76. The van der Waals surface area contributed by atoms with E-state index < -0.39 is 0 Å². The lowest BCUT2D eigenvalue weighted by Gasteiger charge is -2.42. The molecule has 1 amide bonds. The summed E-state index contributed by atoms with van der Waals surface area (Å²) in [5, 5.41) is 9.59. The van der Waals surface area contributed by atoms with Crippen LogP contribution in [0.3, 0.4) is 0 Å². The van der Waals surface area contributed by atoms with Crippen LogP contribution >= 0.6 is 0 Å². The predicted octanol–water partition coefficient (Wildman–Crippen LogP) is -0.814. The van der Waals surface area contributed by atoms with Crippen LogP contribution in [0.4, 0.5) is 0 Å². The highest BCUT2D eigenvalue weighted by atomic mass is 16.5. The molecule has 7 N–H and O–H groups in total. The molecule has 1 aliphatic heterocycles. The molecule has 25 heavy (non-hydrogen) atoms. The maximum atomic E-state index is 12.2. The summed E-state index contributed by atoms with van der Waals surface area (Å²) in [5.74, 6) is 7.22. The van der Waals surface area contributed by atoms with E-state index in [9.17, 15) is 9.59 Å². The zero-order valence-electron chi connectivity index (χ0n) is 14.6. The third-order valence-electron chi connectivity index (χ3n) is 5.29. The number of hydrazone groups is 1. The third-order valence-corrected chi connectivity index (χ3v) is 5.29. The summed E-state index contributed by atoms with van der Waals surface area (Å²) in [6.07, 6.45) is 6.64. The van der Waals surface area contributed by atoms with Crippen LogP contribution in [0, 0.1) is 17.8 Å². The lowest BCUT2D eigenvalue weighted by Crippen LogP contribution is -2.50. The first-order valence-corrected chi connectivity index (χ1v) is 8.98. The first kappa shape index (κ1) is 19.5. The minimum absolute atomic E-state index is 0.209. The van der Waals surface area contributed by atoms with Crippen molar-refractivity contribution in [1.29, 1.82) is 0 Å². The van der Waals surface area contributed by atoms with Gasteiger partial charge in [-0.25, -0.2) is 11.4 Å². The quantitative estimate of drug-likeness (QED) is 0.0692. The van der Waals surface area contributed by atoms with Crippen molar-refractivity contribution in [3.8, 4) is 0 Å². The van der Waals surface area contributed by atoms with Crippen molar-refractivity contribution < 1.29 is 14.3 Å². The number of amides is 1. The summed E-state index contributed by atoms with van der Waals surface area (Å²) in [6, 6.07) is -0.246. The molecule has 0 spiro atoms. The number of hydrogen-bond acceptors (Lipinski definition) is 7. The summed E-state index contributed by atoms with van der Waals surface area (Å²) in [5.41, 5.74) is 8.00. The van der Waals surface area contributed by atoms with Gasteiger partial charge in [0.1, 0.15) is 18.5 Å². The Labute approximate surface area is 148 Å². The van der Waals surface area contributed by atoms with Crippen molar-refractivity contribution in [2.75, 3.05) is 19.7 Å². The second-order valence-corrected chi connectivity index (χ2v) is 6.91. The summed E-state index contributed by atoms with van der Waals surface area (Å²) < 4.78 is 5.22. The standard InChI is InChI=1S/C16H30N6O3/c17-15(21-22-18)4-2-11-1-3-12-9-20-14(8-13(12)7-11)16(24)25-6-5-19-10-23/h10-14,20,22H,1-9,18H2,(H2,17,21)(H,19,23). The van der Waals surface area contributed by atoms with Crippen molar-refractivity contribution in [1.82, 2.24) is 16.2 Å². The van der Waals surface area contributed by atoms with Gasteiger partial charge in [0.25, 0.3) is 0 Å². The van der Waals surface area contributed by atoms with E-state index >= 15 is 0 Å². The first-order chi connectivity index (χ1) is 12.1. The zero-order chi connectivity index (χ0) is 18.1. The molecule has 1 aliphatic carbocycles. The van der Waals surface area contributed by atoms with Gasteiger partial charge in [0.2, 0.25) is 6.41 Å². The topological polar surface area (TPSA) is 144 Å². The molecular formula is C16H30N6O3. The number of piperidine rings is 1. The van der Waals surface area contributed by atoms with Crippen molar-refractivity contribution in [3.63, 3.8) is 0 Å².